The number of carbonyl (C=O) groups is 1. The van der Waals surface area contributed by atoms with E-state index in [2.05, 4.69) is 11.4 Å². The summed E-state index contributed by atoms with van der Waals surface area (Å²) in [5, 5.41) is 18.0. The van der Waals surface area contributed by atoms with Crippen molar-refractivity contribution < 1.29 is 33.7 Å². The smallest absolute Gasteiger partial charge is 0.435 e. The van der Waals surface area contributed by atoms with Crippen molar-refractivity contribution in [2.24, 2.45) is 0 Å². The van der Waals surface area contributed by atoms with E-state index >= 15 is 0 Å². The fourth-order valence-corrected chi connectivity index (χ4v) is 3.40. The minimum absolute atomic E-state index is 0.0452. The van der Waals surface area contributed by atoms with Gasteiger partial charge in [0.1, 0.15) is 0 Å². The Morgan fingerprint density at radius 2 is 1.25 bits per heavy atom. The van der Waals surface area contributed by atoms with Crippen molar-refractivity contribution in [1.82, 2.24) is 0 Å². The van der Waals surface area contributed by atoms with E-state index in [1.54, 1.807) is 0 Å². The third-order valence-electron chi connectivity index (χ3n) is 4.68. The SMILES string of the molecule is CCCCCCCCCCCCCCCCOC(O)CCOP(=O)(O)C(=O)O. The number of carboxylic acid groups (broad SMARTS) is 1. The number of hydrogen-bond donors (Lipinski definition) is 3. The van der Waals surface area contributed by atoms with E-state index in [-0.39, 0.29) is 13.0 Å². The molecule has 2 atom stereocenters. The first-order chi connectivity index (χ1) is 13.4. The molecule has 0 bridgehead atoms. The molecule has 0 aliphatic heterocycles. The van der Waals surface area contributed by atoms with Crippen LogP contribution in [0.15, 0.2) is 0 Å². The summed E-state index contributed by atoms with van der Waals surface area (Å²) in [5.74, 6) is 0. The maximum absolute atomic E-state index is 11.0. The first kappa shape index (κ1) is 27.5. The average molecular weight is 425 g/mol. The average Bonchev–Trinajstić information content (AvgIpc) is 2.64. The Kier molecular flexibility index (Phi) is 18.3. The summed E-state index contributed by atoms with van der Waals surface area (Å²) < 4.78 is 20.6. The van der Waals surface area contributed by atoms with E-state index < -0.39 is 19.6 Å². The number of aliphatic hydroxyl groups is 1. The van der Waals surface area contributed by atoms with Gasteiger partial charge in [0.05, 0.1) is 6.61 Å². The zero-order valence-electron chi connectivity index (χ0n) is 17.5. The number of hydrogen-bond acceptors (Lipinski definition) is 5. The van der Waals surface area contributed by atoms with Gasteiger partial charge in [0, 0.05) is 13.0 Å². The van der Waals surface area contributed by atoms with Gasteiger partial charge in [0.15, 0.2) is 6.29 Å². The van der Waals surface area contributed by atoms with Crippen LogP contribution in [0.3, 0.4) is 0 Å². The van der Waals surface area contributed by atoms with Crippen LogP contribution < -0.4 is 0 Å². The summed E-state index contributed by atoms with van der Waals surface area (Å²) in [5.41, 5.74) is -1.90. The highest BCUT2D eigenvalue weighted by Crippen LogP contribution is 2.42. The summed E-state index contributed by atoms with van der Waals surface area (Å²) in [6, 6.07) is 0. The van der Waals surface area contributed by atoms with Crippen LogP contribution in [-0.4, -0.2) is 40.3 Å². The van der Waals surface area contributed by atoms with Crippen molar-refractivity contribution in [3.05, 3.63) is 0 Å². The van der Waals surface area contributed by atoms with Crippen LogP contribution in [0.25, 0.3) is 0 Å². The lowest BCUT2D eigenvalue weighted by molar-refractivity contribution is -0.108. The van der Waals surface area contributed by atoms with Gasteiger partial charge in [-0.3, -0.25) is 0 Å². The van der Waals surface area contributed by atoms with E-state index in [1.807, 2.05) is 0 Å². The van der Waals surface area contributed by atoms with Gasteiger partial charge in [0.2, 0.25) is 0 Å². The van der Waals surface area contributed by atoms with Crippen molar-refractivity contribution in [3.8, 4) is 0 Å². The molecule has 0 aromatic rings. The molecule has 0 aromatic heterocycles. The van der Waals surface area contributed by atoms with Gasteiger partial charge < -0.3 is 24.4 Å². The van der Waals surface area contributed by atoms with Gasteiger partial charge in [-0.15, -0.1) is 0 Å². The predicted octanol–water partition coefficient (Wildman–Crippen LogP) is 6.07. The second-order valence-corrected chi connectivity index (χ2v) is 9.03. The summed E-state index contributed by atoms with van der Waals surface area (Å²) in [6.07, 6.45) is 16.6. The monoisotopic (exact) mass is 424 g/mol. The molecular weight excluding hydrogens is 383 g/mol. The fraction of sp³-hybridized carbons (Fsp3) is 0.950. The molecule has 3 N–H and O–H groups in total. The van der Waals surface area contributed by atoms with E-state index in [4.69, 9.17) is 14.7 Å². The predicted molar refractivity (Wildman–Crippen MR) is 111 cm³/mol. The normalized spacial score (nSPS) is 14.7. The molecule has 7 nitrogen and oxygen atoms in total. The highest BCUT2D eigenvalue weighted by Gasteiger charge is 2.30. The Morgan fingerprint density at radius 1 is 0.821 bits per heavy atom. The molecule has 0 saturated carbocycles. The van der Waals surface area contributed by atoms with Gasteiger partial charge in [-0.2, -0.15) is 0 Å². The summed E-state index contributed by atoms with van der Waals surface area (Å²) >= 11 is 0. The van der Waals surface area contributed by atoms with Gasteiger partial charge in [-0.1, -0.05) is 90.4 Å². The lowest BCUT2D eigenvalue weighted by atomic mass is 10.0. The molecule has 0 aliphatic carbocycles. The zero-order valence-corrected chi connectivity index (χ0v) is 18.4. The van der Waals surface area contributed by atoms with E-state index in [9.17, 15) is 14.5 Å². The van der Waals surface area contributed by atoms with Crippen molar-refractivity contribution in [2.45, 2.75) is 110 Å². The summed E-state index contributed by atoms with van der Waals surface area (Å²) in [7, 11) is -4.63. The van der Waals surface area contributed by atoms with Crippen LogP contribution in [0.4, 0.5) is 4.79 Å². The Morgan fingerprint density at radius 3 is 1.68 bits per heavy atom. The zero-order chi connectivity index (χ0) is 21.1. The Balaban J connectivity index is 3.28. The molecule has 168 valence electrons. The maximum atomic E-state index is 11.0. The quantitative estimate of drug-likeness (QED) is 0.116. The first-order valence-electron chi connectivity index (χ1n) is 10.9. The number of ether oxygens (including phenoxy) is 1. The number of rotatable bonds is 21. The lowest BCUT2D eigenvalue weighted by Crippen LogP contribution is -2.15. The minimum Gasteiger partial charge on any atom is -0.472 e. The van der Waals surface area contributed by atoms with Crippen molar-refractivity contribution in [3.63, 3.8) is 0 Å². The second-order valence-electron chi connectivity index (χ2n) is 7.35. The second kappa shape index (κ2) is 18.6. The molecule has 0 aliphatic rings. The minimum atomic E-state index is -4.63. The lowest BCUT2D eigenvalue weighted by Gasteiger charge is -2.13. The molecule has 0 rings (SSSR count). The van der Waals surface area contributed by atoms with Crippen LogP contribution in [-0.2, 0) is 13.8 Å². The highest BCUT2D eigenvalue weighted by molar-refractivity contribution is 7.70. The molecule has 0 spiro atoms. The van der Waals surface area contributed by atoms with Crippen molar-refractivity contribution in [2.75, 3.05) is 13.2 Å². The largest absolute Gasteiger partial charge is 0.472 e. The standard InChI is InChI=1S/C20H41O7P/c1-2-3-4-5-6-7-8-9-10-11-12-13-14-15-17-26-19(21)16-18-27-28(24,25)20(22)23/h19,21H,2-18H2,1H3,(H,22,23)(H,24,25). The van der Waals surface area contributed by atoms with Crippen LogP contribution in [0.2, 0.25) is 0 Å². The van der Waals surface area contributed by atoms with Crippen molar-refractivity contribution >= 4 is 13.3 Å². The molecule has 0 heterocycles. The molecule has 2 unspecified atom stereocenters. The molecule has 0 aromatic carbocycles. The molecule has 8 heteroatoms. The van der Waals surface area contributed by atoms with Crippen molar-refractivity contribution in [1.29, 1.82) is 0 Å². The molecule has 0 fully saturated rings. The van der Waals surface area contributed by atoms with Crippen LogP contribution in [0.5, 0.6) is 0 Å². The Hall–Kier alpha value is -0.460. The Labute approximate surface area is 170 Å². The van der Waals surface area contributed by atoms with E-state index in [0.717, 1.165) is 19.3 Å². The van der Waals surface area contributed by atoms with E-state index in [1.165, 1.54) is 70.6 Å². The molecule has 0 saturated heterocycles. The number of aliphatic hydroxyl groups excluding tert-OH is 1. The highest BCUT2D eigenvalue weighted by atomic mass is 31.2. The first-order valence-corrected chi connectivity index (χ1v) is 12.5. The fourth-order valence-electron chi connectivity index (χ4n) is 2.93. The molecule has 28 heavy (non-hydrogen) atoms. The van der Waals surface area contributed by atoms with Gasteiger partial charge in [0.25, 0.3) is 0 Å². The van der Waals surface area contributed by atoms with Crippen LogP contribution in [0, 0.1) is 0 Å². The van der Waals surface area contributed by atoms with Gasteiger partial charge in [-0.25, -0.2) is 9.36 Å². The summed E-state index contributed by atoms with van der Waals surface area (Å²) in [4.78, 5) is 19.3. The molecule has 0 amide bonds. The van der Waals surface area contributed by atoms with Gasteiger partial charge in [-0.05, 0) is 6.42 Å². The third-order valence-corrected chi connectivity index (χ3v) is 5.70. The molecular formula is C20H41O7P. The molecule has 0 radical (unpaired) electrons. The maximum Gasteiger partial charge on any atom is 0.435 e. The van der Waals surface area contributed by atoms with Gasteiger partial charge >= 0.3 is 13.3 Å². The third kappa shape index (κ3) is 17.6. The van der Waals surface area contributed by atoms with E-state index in [0.29, 0.717) is 6.61 Å². The van der Waals surface area contributed by atoms with Crippen LogP contribution >= 0.6 is 7.60 Å². The summed E-state index contributed by atoms with van der Waals surface area (Å²) in [6.45, 7) is 2.31. The Bertz CT molecular complexity index is 417. The van der Waals surface area contributed by atoms with Crippen LogP contribution in [0.1, 0.15) is 103 Å². The number of unbranched alkanes of at least 4 members (excludes halogenated alkanes) is 13. The topological polar surface area (TPSA) is 113 Å².